The first-order valence-corrected chi connectivity index (χ1v) is 10.7. The Balaban J connectivity index is 1.79. The second-order valence-corrected chi connectivity index (χ2v) is 7.70. The zero-order chi connectivity index (χ0) is 21.5. The van der Waals surface area contributed by atoms with Gasteiger partial charge in [0.1, 0.15) is 6.61 Å². The van der Waals surface area contributed by atoms with Crippen LogP contribution in [0, 0.1) is 0 Å². The lowest BCUT2D eigenvalue weighted by Gasteiger charge is -2.29. The van der Waals surface area contributed by atoms with Gasteiger partial charge in [0.25, 0.3) is 0 Å². The first-order valence-electron chi connectivity index (χ1n) is 9.37. The van der Waals surface area contributed by atoms with Gasteiger partial charge in [0.05, 0.1) is 23.9 Å². The van der Waals surface area contributed by atoms with E-state index in [4.69, 9.17) is 21.1 Å². The summed E-state index contributed by atoms with van der Waals surface area (Å²) >= 11 is 7.51. The highest BCUT2D eigenvalue weighted by Gasteiger charge is 2.34. The van der Waals surface area contributed by atoms with Crippen LogP contribution in [0.4, 0.5) is 4.79 Å². The van der Waals surface area contributed by atoms with Crippen LogP contribution in [-0.2, 0) is 25.5 Å². The zero-order valence-electron chi connectivity index (χ0n) is 16.3. The first kappa shape index (κ1) is 21.9. The average Bonchev–Trinajstić information content (AvgIpc) is 3.24. The fraction of sp³-hybridized carbons (Fsp3) is 0.286. The molecule has 1 aliphatic heterocycles. The van der Waals surface area contributed by atoms with Crippen LogP contribution >= 0.6 is 22.9 Å². The van der Waals surface area contributed by atoms with E-state index in [-0.39, 0.29) is 30.9 Å². The Kier molecular flexibility index (Phi) is 7.48. The molecule has 30 heavy (non-hydrogen) atoms. The number of benzene rings is 1. The summed E-state index contributed by atoms with van der Waals surface area (Å²) in [6, 6.07) is 7.44. The zero-order valence-corrected chi connectivity index (χ0v) is 17.8. The minimum absolute atomic E-state index is 0.164. The monoisotopic (exact) mass is 448 g/mol. The molecule has 0 unspecified atom stereocenters. The van der Waals surface area contributed by atoms with Gasteiger partial charge in [0.15, 0.2) is 0 Å². The molecule has 1 aromatic carbocycles. The number of esters is 2. The number of aryl methyl sites for hydroxylation is 1. The van der Waals surface area contributed by atoms with Gasteiger partial charge in [-0.2, -0.15) is 11.3 Å². The number of urea groups is 1. The smallest absolute Gasteiger partial charge is 0.338 e. The minimum atomic E-state index is -0.755. The molecule has 158 valence electrons. The molecule has 3 rings (SSSR count). The van der Waals surface area contributed by atoms with E-state index in [1.54, 1.807) is 42.5 Å². The summed E-state index contributed by atoms with van der Waals surface area (Å²) in [6.45, 7) is 1.61. The van der Waals surface area contributed by atoms with Crippen LogP contribution in [0.2, 0.25) is 5.02 Å². The quantitative estimate of drug-likeness (QED) is 0.600. The maximum atomic E-state index is 12.7. The highest BCUT2D eigenvalue weighted by atomic mass is 35.5. The fourth-order valence-electron chi connectivity index (χ4n) is 2.99. The van der Waals surface area contributed by atoms with Crippen molar-refractivity contribution < 1.29 is 23.9 Å². The summed E-state index contributed by atoms with van der Waals surface area (Å²) in [5.74, 6) is -1.03. The second-order valence-electron chi connectivity index (χ2n) is 6.49. The summed E-state index contributed by atoms with van der Waals surface area (Å²) in [7, 11) is 0. The van der Waals surface area contributed by atoms with Crippen molar-refractivity contribution >= 4 is 40.9 Å². The first-order chi connectivity index (χ1) is 14.5. The molecule has 0 radical (unpaired) electrons. The summed E-state index contributed by atoms with van der Waals surface area (Å²) < 4.78 is 10.5. The molecule has 0 bridgehead atoms. The maximum absolute atomic E-state index is 12.7. The van der Waals surface area contributed by atoms with Crippen LogP contribution in [0.5, 0.6) is 0 Å². The van der Waals surface area contributed by atoms with E-state index >= 15 is 0 Å². The summed E-state index contributed by atoms with van der Waals surface area (Å²) in [6.07, 6.45) is 0.763. The van der Waals surface area contributed by atoms with Crippen molar-refractivity contribution in [1.29, 1.82) is 0 Å². The Morgan fingerprint density at radius 1 is 1.17 bits per heavy atom. The van der Waals surface area contributed by atoms with Crippen LogP contribution in [0.3, 0.4) is 0 Å². The lowest BCUT2D eigenvalue weighted by atomic mass is 9.95. The standard InChI is InChI=1S/C21H21ClN2O5S/c1-2-28-20(26)18-16(11-29-17(25)8-3-13-9-10-30-12-13)23-21(27)24-19(18)14-4-6-15(22)7-5-14/h4-7,9-10,12,19H,2-3,8,11H2,1H3,(H2,23,24,27)/t19-/m0/s1. The fourth-order valence-corrected chi connectivity index (χ4v) is 3.82. The van der Waals surface area contributed by atoms with E-state index in [9.17, 15) is 14.4 Å². The van der Waals surface area contributed by atoms with Crippen molar-refractivity contribution in [2.75, 3.05) is 13.2 Å². The molecule has 0 spiro atoms. The molecule has 1 aliphatic rings. The molecular weight excluding hydrogens is 428 g/mol. The number of ether oxygens (including phenoxy) is 2. The number of hydrogen-bond acceptors (Lipinski definition) is 6. The van der Waals surface area contributed by atoms with Gasteiger partial charge in [-0.1, -0.05) is 23.7 Å². The summed E-state index contributed by atoms with van der Waals surface area (Å²) in [5, 5.41) is 9.72. The van der Waals surface area contributed by atoms with Gasteiger partial charge in [0.2, 0.25) is 0 Å². The van der Waals surface area contributed by atoms with Gasteiger partial charge >= 0.3 is 18.0 Å². The molecule has 0 saturated heterocycles. The van der Waals surface area contributed by atoms with E-state index in [2.05, 4.69) is 10.6 Å². The van der Waals surface area contributed by atoms with E-state index in [0.29, 0.717) is 17.0 Å². The molecule has 2 N–H and O–H groups in total. The van der Waals surface area contributed by atoms with E-state index in [1.165, 1.54) is 0 Å². The number of carbonyl (C=O) groups excluding carboxylic acids is 3. The van der Waals surface area contributed by atoms with Crippen LogP contribution in [0.1, 0.15) is 30.5 Å². The minimum Gasteiger partial charge on any atom is -0.463 e. The van der Waals surface area contributed by atoms with E-state index in [1.807, 2.05) is 16.8 Å². The number of rotatable bonds is 8. The normalized spacial score (nSPS) is 15.9. The molecule has 2 heterocycles. The van der Waals surface area contributed by atoms with Crippen LogP contribution < -0.4 is 10.6 Å². The van der Waals surface area contributed by atoms with Gasteiger partial charge in [0, 0.05) is 11.4 Å². The van der Waals surface area contributed by atoms with Crippen LogP contribution in [0.15, 0.2) is 52.4 Å². The predicted molar refractivity (Wildman–Crippen MR) is 113 cm³/mol. The van der Waals surface area contributed by atoms with Gasteiger partial charge in [-0.05, 0) is 53.4 Å². The Morgan fingerprint density at radius 3 is 2.60 bits per heavy atom. The van der Waals surface area contributed by atoms with Crippen molar-refractivity contribution in [2.45, 2.75) is 25.8 Å². The number of amides is 2. The molecule has 1 aromatic heterocycles. The van der Waals surface area contributed by atoms with E-state index in [0.717, 1.165) is 5.56 Å². The maximum Gasteiger partial charge on any atom is 0.338 e. The van der Waals surface area contributed by atoms with Gasteiger partial charge in [-0.25, -0.2) is 9.59 Å². The van der Waals surface area contributed by atoms with Gasteiger partial charge in [-0.15, -0.1) is 0 Å². The molecule has 2 amide bonds. The van der Waals surface area contributed by atoms with Gasteiger partial charge < -0.3 is 20.1 Å². The van der Waals surface area contributed by atoms with Crippen molar-refractivity contribution in [3.63, 3.8) is 0 Å². The lowest BCUT2D eigenvalue weighted by Crippen LogP contribution is -2.47. The molecule has 0 fully saturated rings. The Labute approximate surface area is 183 Å². The second kappa shape index (κ2) is 10.3. The van der Waals surface area contributed by atoms with Crippen molar-refractivity contribution in [3.05, 3.63) is 68.5 Å². The van der Waals surface area contributed by atoms with Crippen molar-refractivity contribution in [2.24, 2.45) is 0 Å². The SMILES string of the molecule is CCOC(=O)C1=C(COC(=O)CCc2ccsc2)NC(=O)N[C@H]1c1ccc(Cl)cc1. The lowest BCUT2D eigenvalue weighted by molar-refractivity contribution is -0.143. The number of hydrogen-bond donors (Lipinski definition) is 2. The highest BCUT2D eigenvalue weighted by Crippen LogP contribution is 2.29. The molecule has 1 atom stereocenters. The molecule has 7 nitrogen and oxygen atoms in total. The summed E-state index contributed by atoms with van der Waals surface area (Å²) in [4.78, 5) is 37.0. The largest absolute Gasteiger partial charge is 0.463 e. The van der Waals surface area contributed by atoms with Crippen molar-refractivity contribution in [1.82, 2.24) is 10.6 Å². The Morgan fingerprint density at radius 2 is 1.93 bits per heavy atom. The van der Waals surface area contributed by atoms with Crippen LogP contribution in [-0.4, -0.2) is 31.2 Å². The predicted octanol–water partition coefficient (Wildman–Crippen LogP) is 3.75. The highest BCUT2D eigenvalue weighted by molar-refractivity contribution is 7.07. The Hall–Kier alpha value is -2.84. The average molecular weight is 449 g/mol. The molecule has 0 saturated carbocycles. The molecular formula is C21H21ClN2O5S. The van der Waals surface area contributed by atoms with E-state index < -0.39 is 24.0 Å². The molecule has 0 aliphatic carbocycles. The van der Waals surface area contributed by atoms with Crippen molar-refractivity contribution in [3.8, 4) is 0 Å². The third-order valence-corrected chi connectivity index (χ3v) is 5.41. The van der Waals surface area contributed by atoms with Crippen LogP contribution in [0.25, 0.3) is 0 Å². The molecule has 2 aromatic rings. The number of halogens is 1. The number of thiophene rings is 1. The topological polar surface area (TPSA) is 93.7 Å². The molecule has 9 heteroatoms. The third-order valence-electron chi connectivity index (χ3n) is 4.43. The number of nitrogens with one attached hydrogen (secondary N) is 2. The van der Waals surface area contributed by atoms with Gasteiger partial charge in [-0.3, -0.25) is 4.79 Å². The Bertz CT molecular complexity index is 941. The third kappa shape index (κ3) is 5.61. The number of carbonyl (C=O) groups is 3. The summed E-state index contributed by atoms with van der Waals surface area (Å²) in [5.41, 5.74) is 2.09.